The molecule has 126 valence electrons. The monoisotopic (exact) mass is 332 g/mol. The van der Waals surface area contributed by atoms with E-state index in [0.29, 0.717) is 11.4 Å². The Morgan fingerprint density at radius 3 is 1.54 bits per heavy atom. The van der Waals surface area contributed by atoms with Gasteiger partial charge in [-0.25, -0.2) is 4.79 Å². The number of rotatable bonds is 5. The van der Waals surface area contributed by atoms with Crippen LogP contribution in [0.1, 0.15) is 12.8 Å². The third-order valence-electron chi connectivity index (χ3n) is 2.39. The highest BCUT2D eigenvalue weighted by molar-refractivity contribution is 5.99. The lowest BCUT2D eigenvalue weighted by atomic mass is 10.3. The number of carbonyl (C=O) groups is 3. The molecule has 0 aromatic carbocycles. The molecule has 0 spiro atoms. The molecule has 0 bridgehead atoms. The van der Waals surface area contributed by atoms with E-state index in [1.807, 2.05) is 0 Å². The van der Waals surface area contributed by atoms with Crippen molar-refractivity contribution in [3.63, 3.8) is 0 Å². The smallest absolute Gasteiger partial charge is 0.323 e. The summed E-state index contributed by atoms with van der Waals surface area (Å²) in [4.78, 5) is 38.6. The van der Waals surface area contributed by atoms with E-state index >= 15 is 0 Å². The molecule has 0 saturated carbocycles. The van der Waals surface area contributed by atoms with Crippen LogP contribution in [0.15, 0.2) is 49.1 Å². The number of nitrogens with zero attached hydrogens (tertiary/aromatic N) is 2. The lowest BCUT2D eigenvalue weighted by Gasteiger charge is -2.06. The minimum atomic E-state index is -1.08. The van der Waals surface area contributed by atoms with Crippen molar-refractivity contribution >= 4 is 29.3 Å². The number of carboxylic acids is 2. The number of hydrogen-bond acceptors (Lipinski definition) is 5. The maximum Gasteiger partial charge on any atom is 0.323 e. The molecular formula is C15H16N4O5. The molecule has 2 aromatic rings. The van der Waals surface area contributed by atoms with Gasteiger partial charge < -0.3 is 20.8 Å². The number of hydrogen-bond donors (Lipinski definition) is 4. The quantitative estimate of drug-likeness (QED) is 0.656. The van der Waals surface area contributed by atoms with Gasteiger partial charge in [0.25, 0.3) is 0 Å². The standard InChI is InChI=1S/C11H10N4O.C4H6O4/c16-11(14-9-3-1-5-12-7-9)15-10-4-2-6-13-8-10;5-3(6)1-2-4(7)8/h1-8H,(H2,14,15,16);1-2H2,(H,5,6)(H,7,8). The Labute approximate surface area is 137 Å². The fraction of sp³-hybridized carbons (Fsp3) is 0.133. The number of carboxylic acid groups (broad SMARTS) is 2. The Balaban J connectivity index is 0.000000307. The van der Waals surface area contributed by atoms with Crippen molar-refractivity contribution in [3.8, 4) is 0 Å². The highest BCUT2D eigenvalue weighted by atomic mass is 16.4. The van der Waals surface area contributed by atoms with Gasteiger partial charge in [-0.1, -0.05) is 0 Å². The van der Waals surface area contributed by atoms with Crippen LogP contribution < -0.4 is 10.6 Å². The number of anilines is 2. The minimum absolute atomic E-state index is 0.296. The SMILES string of the molecule is O=C(Nc1cccnc1)Nc1cccnc1.O=C(O)CCC(=O)O. The maximum atomic E-state index is 11.5. The van der Waals surface area contributed by atoms with Crippen LogP contribution in [0.2, 0.25) is 0 Å². The summed E-state index contributed by atoms with van der Waals surface area (Å²) in [5.41, 5.74) is 1.28. The highest BCUT2D eigenvalue weighted by Gasteiger charge is 2.01. The third-order valence-corrected chi connectivity index (χ3v) is 2.39. The molecule has 4 N–H and O–H groups in total. The van der Waals surface area contributed by atoms with E-state index in [9.17, 15) is 14.4 Å². The van der Waals surface area contributed by atoms with Crippen molar-refractivity contribution in [2.45, 2.75) is 12.8 Å². The first-order valence-corrected chi connectivity index (χ1v) is 6.79. The number of aromatic nitrogens is 2. The summed E-state index contributed by atoms with van der Waals surface area (Å²) in [5.74, 6) is -2.15. The molecule has 0 radical (unpaired) electrons. The second-order valence-electron chi connectivity index (χ2n) is 4.35. The van der Waals surface area contributed by atoms with Crippen LogP contribution in [-0.4, -0.2) is 38.2 Å². The van der Waals surface area contributed by atoms with Gasteiger partial charge in [-0.3, -0.25) is 19.6 Å². The number of carbonyl (C=O) groups excluding carboxylic acids is 1. The second kappa shape index (κ2) is 10.3. The molecule has 9 heteroatoms. The van der Waals surface area contributed by atoms with Gasteiger partial charge in [0.05, 0.1) is 36.6 Å². The Bertz CT molecular complexity index is 607. The van der Waals surface area contributed by atoms with Gasteiger partial charge in [-0.15, -0.1) is 0 Å². The molecule has 9 nitrogen and oxygen atoms in total. The normalized spacial score (nSPS) is 9.17. The number of amides is 2. The van der Waals surface area contributed by atoms with Gasteiger partial charge in [-0.2, -0.15) is 0 Å². The van der Waals surface area contributed by atoms with Gasteiger partial charge >= 0.3 is 18.0 Å². The van der Waals surface area contributed by atoms with E-state index in [4.69, 9.17) is 10.2 Å². The van der Waals surface area contributed by atoms with Crippen molar-refractivity contribution in [3.05, 3.63) is 49.1 Å². The van der Waals surface area contributed by atoms with Crippen molar-refractivity contribution in [2.75, 3.05) is 10.6 Å². The predicted octanol–water partition coefficient (Wildman–Crippen LogP) is 2.06. The molecule has 0 aliphatic carbocycles. The Morgan fingerprint density at radius 2 is 1.25 bits per heavy atom. The molecule has 0 fully saturated rings. The zero-order valence-electron chi connectivity index (χ0n) is 12.5. The summed E-state index contributed by atoms with van der Waals surface area (Å²) in [7, 11) is 0. The Kier molecular flexibility index (Phi) is 7.94. The molecule has 2 amide bonds. The van der Waals surface area contributed by atoms with Crippen LogP contribution in [0.25, 0.3) is 0 Å². The molecule has 0 aliphatic rings. The van der Waals surface area contributed by atoms with Gasteiger partial charge in [-0.05, 0) is 24.3 Å². The summed E-state index contributed by atoms with van der Waals surface area (Å²) >= 11 is 0. The van der Waals surface area contributed by atoms with Gasteiger partial charge in [0.15, 0.2) is 0 Å². The van der Waals surface area contributed by atoms with E-state index < -0.39 is 11.9 Å². The summed E-state index contributed by atoms with van der Waals surface area (Å²) in [5, 5.41) is 21.1. The summed E-state index contributed by atoms with van der Waals surface area (Å²) in [6.45, 7) is 0. The first-order chi connectivity index (χ1) is 11.5. The Morgan fingerprint density at radius 1 is 0.833 bits per heavy atom. The zero-order chi connectivity index (χ0) is 17.8. The minimum Gasteiger partial charge on any atom is -0.481 e. The molecule has 0 unspecified atom stereocenters. The molecule has 2 heterocycles. The van der Waals surface area contributed by atoms with E-state index in [-0.39, 0.29) is 18.9 Å². The third kappa shape index (κ3) is 8.72. The fourth-order valence-corrected chi connectivity index (χ4v) is 1.38. The van der Waals surface area contributed by atoms with Crippen LogP contribution in [0.5, 0.6) is 0 Å². The first-order valence-electron chi connectivity index (χ1n) is 6.79. The van der Waals surface area contributed by atoms with Crippen LogP contribution in [0.4, 0.5) is 16.2 Å². The average molecular weight is 332 g/mol. The van der Waals surface area contributed by atoms with Gasteiger partial charge in [0, 0.05) is 12.4 Å². The van der Waals surface area contributed by atoms with Crippen LogP contribution in [-0.2, 0) is 9.59 Å². The number of nitrogens with one attached hydrogen (secondary N) is 2. The molecule has 0 aliphatic heterocycles. The van der Waals surface area contributed by atoms with E-state index in [1.165, 1.54) is 0 Å². The summed E-state index contributed by atoms with van der Waals surface area (Å²) < 4.78 is 0. The highest BCUT2D eigenvalue weighted by Crippen LogP contribution is 2.06. The van der Waals surface area contributed by atoms with Crippen LogP contribution >= 0.6 is 0 Å². The van der Waals surface area contributed by atoms with Crippen LogP contribution in [0.3, 0.4) is 0 Å². The molecule has 0 saturated heterocycles. The molecule has 24 heavy (non-hydrogen) atoms. The van der Waals surface area contributed by atoms with Crippen molar-refractivity contribution in [2.24, 2.45) is 0 Å². The molecular weight excluding hydrogens is 316 g/mol. The van der Waals surface area contributed by atoms with Gasteiger partial charge in [0.2, 0.25) is 0 Å². The molecule has 2 aromatic heterocycles. The number of urea groups is 1. The van der Waals surface area contributed by atoms with E-state index in [0.717, 1.165) is 0 Å². The van der Waals surface area contributed by atoms with E-state index in [2.05, 4.69) is 20.6 Å². The average Bonchev–Trinajstić information content (AvgIpc) is 2.55. The fourth-order valence-electron chi connectivity index (χ4n) is 1.38. The van der Waals surface area contributed by atoms with Crippen molar-refractivity contribution in [1.82, 2.24) is 9.97 Å². The van der Waals surface area contributed by atoms with Crippen molar-refractivity contribution < 1.29 is 24.6 Å². The Hall–Kier alpha value is -3.49. The predicted molar refractivity (Wildman–Crippen MR) is 85.6 cm³/mol. The zero-order valence-corrected chi connectivity index (χ0v) is 12.5. The lowest BCUT2D eigenvalue weighted by molar-refractivity contribution is -0.143. The largest absolute Gasteiger partial charge is 0.481 e. The van der Waals surface area contributed by atoms with Crippen molar-refractivity contribution in [1.29, 1.82) is 0 Å². The number of aliphatic carboxylic acids is 2. The first kappa shape index (κ1) is 18.6. The lowest BCUT2D eigenvalue weighted by Crippen LogP contribution is -2.19. The molecule has 2 rings (SSSR count). The summed E-state index contributed by atoms with van der Waals surface area (Å²) in [6.07, 6.45) is 5.84. The maximum absolute atomic E-state index is 11.5. The van der Waals surface area contributed by atoms with E-state index in [1.54, 1.807) is 49.1 Å². The van der Waals surface area contributed by atoms with Crippen LogP contribution in [0, 0.1) is 0 Å². The molecule has 0 atom stereocenters. The number of pyridine rings is 2. The summed E-state index contributed by atoms with van der Waals surface area (Å²) in [6, 6.07) is 6.70. The topological polar surface area (TPSA) is 142 Å². The second-order valence-corrected chi connectivity index (χ2v) is 4.35. The van der Waals surface area contributed by atoms with Gasteiger partial charge in [0.1, 0.15) is 0 Å².